The van der Waals surface area contributed by atoms with Gasteiger partial charge in [-0.2, -0.15) is 17.5 Å². The fourth-order valence-corrected chi connectivity index (χ4v) is 6.45. The summed E-state index contributed by atoms with van der Waals surface area (Å²) in [5.74, 6) is -0.648. The Labute approximate surface area is 245 Å². The maximum absolute atomic E-state index is 13.4. The SMILES string of the molecule is O=C(NCc1cc(NCc2cccnc2)nc(-c2ccc(C(F)(F)F)cc2)c1)C1CCCN1S(=O)(=O)c1ccc(F)cc1. The molecular formula is C30H27F4N5O3S. The topological polar surface area (TPSA) is 104 Å². The van der Waals surface area contributed by atoms with Crippen LogP contribution in [0, 0.1) is 5.82 Å². The van der Waals surface area contributed by atoms with Crippen LogP contribution in [0.1, 0.15) is 29.5 Å². The van der Waals surface area contributed by atoms with Crippen molar-refractivity contribution < 1.29 is 30.8 Å². The van der Waals surface area contributed by atoms with Gasteiger partial charge in [0.05, 0.1) is 16.2 Å². The number of sulfonamides is 1. The number of amides is 1. The summed E-state index contributed by atoms with van der Waals surface area (Å²) in [5.41, 5.74) is 1.51. The first-order valence-corrected chi connectivity index (χ1v) is 14.8. The van der Waals surface area contributed by atoms with Gasteiger partial charge in [0.15, 0.2) is 0 Å². The molecule has 1 aliphatic rings. The summed E-state index contributed by atoms with van der Waals surface area (Å²) in [6, 6.07) is 15.1. The first-order chi connectivity index (χ1) is 20.5. The van der Waals surface area contributed by atoms with Crippen LogP contribution >= 0.6 is 0 Å². The molecule has 5 rings (SSSR count). The third kappa shape index (κ3) is 7.17. The van der Waals surface area contributed by atoms with Crippen molar-refractivity contribution in [3.8, 4) is 11.3 Å². The minimum absolute atomic E-state index is 0.0114. The zero-order chi connectivity index (χ0) is 30.6. The van der Waals surface area contributed by atoms with Crippen molar-refractivity contribution >= 4 is 21.7 Å². The molecule has 2 aromatic heterocycles. The van der Waals surface area contributed by atoms with Crippen molar-refractivity contribution in [3.63, 3.8) is 0 Å². The summed E-state index contributed by atoms with van der Waals surface area (Å²) in [4.78, 5) is 21.8. The lowest BCUT2D eigenvalue weighted by atomic mass is 10.1. The molecule has 0 bridgehead atoms. The Kier molecular flexibility index (Phi) is 8.74. The van der Waals surface area contributed by atoms with Gasteiger partial charge in [0.1, 0.15) is 17.7 Å². The molecule has 2 N–H and O–H groups in total. The van der Waals surface area contributed by atoms with E-state index in [1.807, 2.05) is 6.07 Å². The summed E-state index contributed by atoms with van der Waals surface area (Å²) in [6.07, 6.45) is -0.357. The first-order valence-electron chi connectivity index (χ1n) is 13.4. The van der Waals surface area contributed by atoms with Gasteiger partial charge >= 0.3 is 6.18 Å². The number of halogens is 4. The molecular weight excluding hydrogens is 586 g/mol. The van der Waals surface area contributed by atoms with Crippen LogP contribution < -0.4 is 10.6 Å². The van der Waals surface area contributed by atoms with E-state index in [9.17, 15) is 30.8 Å². The second-order valence-corrected chi connectivity index (χ2v) is 11.9. The molecule has 8 nitrogen and oxygen atoms in total. The Morgan fingerprint density at radius 1 is 0.977 bits per heavy atom. The van der Waals surface area contributed by atoms with Gasteiger partial charge in [-0.25, -0.2) is 17.8 Å². The van der Waals surface area contributed by atoms with E-state index < -0.39 is 39.5 Å². The lowest BCUT2D eigenvalue weighted by Crippen LogP contribution is -2.45. The number of pyridine rings is 2. The van der Waals surface area contributed by atoms with E-state index in [2.05, 4.69) is 20.6 Å². The molecule has 2 aromatic carbocycles. The predicted octanol–water partition coefficient (Wildman–Crippen LogP) is 5.38. The van der Waals surface area contributed by atoms with E-state index in [-0.39, 0.29) is 18.0 Å². The molecule has 1 amide bonds. The van der Waals surface area contributed by atoms with Gasteiger partial charge < -0.3 is 10.6 Å². The molecule has 0 aliphatic carbocycles. The monoisotopic (exact) mass is 613 g/mol. The van der Waals surface area contributed by atoms with Crippen molar-refractivity contribution in [2.24, 2.45) is 0 Å². The minimum Gasteiger partial charge on any atom is -0.366 e. The molecule has 0 radical (unpaired) electrons. The van der Waals surface area contributed by atoms with Crippen molar-refractivity contribution in [1.29, 1.82) is 0 Å². The van der Waals surface area contributed by atoms with E-state index in [0.717, 1.165) is 46.3 Å². The highest BCUT2D eigenvalue weighted by Crippen LogP contribution is 2.31. The molecule has 1 saturated heterocycles. The van der Waals surface area contributed by atoms with Gasteiger partial charge in [-0.3, -0.25) is 9.78 Å². The molecule has 0 spiro atoms. The number of alkyl halides is 3. The van der Waals surface area contributed by atoms with Crippen LogP contribution in [0.2, 0.25) is 0 Å². The van der Waals surface area contributed by atoms with Crippen molar-refractivity contribution in [2.45, 2.75) is 43.0 Å². The first kappa shape index (κ1) is 30.1. The molecule has 224 valence electrons. The van der Waals surface area contributed by atoms with Crippen LogP contribution in [0.5, 0.6) is 0 Å². The number of hydrogen-bond donors (Lipinski definition) is 2. The largest absolute Gasteiger partial charge is 0.416 e. The van der Waals surface area contributed by atoms with Gasteiger partial charge in [-0.15, -0.1) is 0 Å². The van der Waals surface area contributed by atoms with Gasteiger partial charge in [-0.1, -0.05) is 18.2 Å². The Balaban J connectivity index is 1.35. The predicted molar refractivity (Wildman–Crippen MR) is 151 cm³/mol. The van der Waals surface area contributed by atoms with Crippen LogP contribution in [0.25, 0.3) is 11.3 Å². The number of nitrogens with zero attached hydrogens (tertiary/aromatic N) is 3. The quantitative estimate of drug-likeness (QED) is 0.246. The van der Waals surface area contributed by atoms with Crippen LogP contribution in [-0.2, 0) is 34.1 Å². The number of carbonyl (C=O) groups is 1. The second kappa shape index (κ2) is 12.5. The van der Waals surface area contributed by atoms with Crippen molar-refractivity contribution in [2.75, 3.05) is 11.9 Å². The summed E-state index contributed by atoms with van der Waals surface area (Å²) in [5, 5.41) is 5.97. The van der Waals surface area contributed by atoms with E-state index in [4.69, 9.17) is 0 Å². The molecule has 1 unspecified atom stereocenters. The number of anilines is 1. The highest BCUT2D eigenvalue weighted by atomic mass is 32.2. The van der Waals surface area contributed by atoms with Gasteiger partial charge in [-0.05, 0) is 78.6 Å². The number of benzene rings is 2. The fourth-order valence-electron chi connectivity index (χ4n) is 4.79. The smallest absolute Gasteiger partial charge is 0.366 e. The molecule has 0 saturated carbocycles. The number of nitrogens with one attached hydrogen (secondary N) is 2. The van der Waals surface area contributed by atoms with E-state index in [1.54, 1.807) is 30.6 Å². The third-order valence-corrected chi connectivity index (χ3v) is 8.91. The molecule has 1 fully saturated rings. The molecule has 13 heteroatoms. The van der Waals surface area contributed by atoms with Gasteiger partial charge in [0.2, 0.25) is 15.9 Å². The molecule has 4 aromatic rings. The maximum Gasteiger partial charge on any atom is 0.416 e. The van der Waals surface area contributed by atoms with Gasteiger partial charge in [0.25, 0.3) is 0 Å². The third-order valence-electron chi connectivity index (χ3n) is 6.98. The Morgan fingerprint density at radius 2 is 1.72 bits per heavy atom. The van der Waals surface area contributed by atoms with Gasteiger partial charge in [0, 0.05) is 37.6 Å². The highest BCUT2D eigenvalue weighted by Gasteiger charge is 2.39. The normalized spacial score (nSPS) is 15.8. The van der Waals surface area contributed by atoms with Crippen LogP contribution in [0.15, 0.2) is 90.1 Å². The number of carbonyl (C=O) groups excluding carboxylic acids is 1. The highest BCUT2D eigenvalue weighted by molar-refractivity contribution is 7.89. The summed E-state index contributed by atoms with van der Waals surface area (Å²) >= 11 is 0. The average molecular weight is 614 g/mol. The number of hydrogen-bond acceptors (Lipinski definition) is 6. The summed E-state index contributed by atoms with van der Waals surface area (Å²) < 4.78 is 80.2. The minimum atomic E-state index is -4.48. The average Bonchev–Trinajstić information content (AvgIpc) is 3.51. The zero-order valence-corrected chi connectivity index (χ0v) is 23.5. The van der Waals surface area contributed by atoms with E-state index in [1.165, 1.54) is 12.1 Å². The van der Waals surface area contributed by atoms with Crippen LogP contribution in [0.4, 0.5) is 23.4 Å². The number of rotatable bonds is 9. The lowest BCUT2D eigenvalue weighted by Gasteiger charge is -2.23. The summed E-state index contributed by atoms with van der Waals surface area (Å²) in [6.45, 7) is 0.534. The van der Waals surface area contributed by atoms with Crippen LogP contribution in [0.3, 0.4) is 0 Å². The zero-order valence-electron chi connectivity index (χ0n) is 22.7. The second-order valence-electron chi connectivity index (χ2n) is 9.98. The molecule has 1 aliphatic heterocycles. The molecule has 3 heterocycles. The van der Waals surface area contributed by atoms with E-state index >= 15 is 0 Å². The van der Waals surface area contributed by atoms with Crippen molar-refractivity contribution in [3.05, 3.63) is 108 Å². The lowest BCUT2D eigenvalue weighted by molar-refractivity contribution is -0.137. The maximum atomic E-state index is 13.4. The Hall–Kier alpha value is -4.36. The molecule has 1 atom stereocenters. The Morgan fingerprint density at radius 3 is 2.40 bits per heavy atom. The van der Waals surface area contributed by atoms with Crippen molar-refractivity contribution in [1.82, 2.24) is 19.6 Å². The number of aromatic nitrogens is 2. The Bertz CT molecular complexity index is 1680. The fraction of sp³-hybridized carbons (Fsp3) is 0.233. The summed E-state index contributed by atoms with van der Waals surface area (Å²) in [7, 11) is -4.03. The van der Waals surface area contributed by atoms with Crippen LogP contribution in [-0.4, -0.2) is 41.2 Å². The van der Waals surface area contributed by atoms with E-state index in [0.29, 0.717) is 42.0 Å². The standard InChI is InChI=1S/C30H27F4N5O3S/c31-24-9-11-25(12-10-24)43(41,42)39-14-2-4-27(39)29(40)37-19-21-15-26(22-5-7-23(8-6-22)30(32,33)34)38-28(16-21)36-18-20-3-1-13-35-17-20/h1,3,5-13,15-17,27H,2,4,14,18-19H2,(H,36,38)(H,37,40). The molecule has 43 heavy (non-hydrogen) atoms.